The van der Waals surface area contributed by atoms with Crippen LogP contribution in [0.5, 0.6) is 0 Å². The monoisotopic (exact) mass is 384 g/mol. The summed E-state index contributed by atoms with van der Waals surface area (Å²) in [5, 5.41) is 3.11. The molecule has 2 aliphatic rings. The summed E-state index contributed by atoms with van der Waals surface area (Å²) in [4.78, 5) is 26.6. The first-order chi connectivity index (χ1) is 13.2. The van der Waals surface area contributed by atoms with Crippen molar-refractivity contribution in [3.63, 3.8) is 0 Å². The molecule has 6 heteroatoms. The Hall–Kier alpha value is -2.21. The zero-order valence-electron chi connectivity index (χ0n) is 15.2. The first-order valence-corrected chi connectivity index (χ1v) is 10.6. The van der Waals surface area contributed by atoms with Gasteiger partial charge in [-0.1, -0.05) is 31.4 Å². The molecular weight excluding hydrogens is 360 g/mol. The van der Waals surface area contributed by atoms with Gasteiger partial charge in [-0.3, -0.25) is 9.59 Å². The largest absolute Gasteiger partial charge is 0.467 e. The van der Waals surface area contributed by atoms with E-state index in [9.17, 15) is 9.59 Å². The molecule has 27 heavy (non-hydrogen) atoms. The average Bonchev–Trinajstić information content (AvgIpc) is 3.34. The smallest absolute Gasteiger partial charge is 0.251 e. The second-order valence-corrected chi connectivity index (χ2v) is 8.26. The van der Waals surface area contributed by atoms with Crippen molar-refractivity contribution in [1.82, 2.24) is 10.2 Å². The van der Waals surface area contributed by atoms with Crippen molar-refractivity contribution in [3.8, 4) is 0 Å². The van der Waals surface area contributed by atoms with Gasteiger partial charge in [-0.25, -0.2) is 0 Å². The molecule has 2 fully saturated rings. The van der Waals surface area contributed by atoms with Crippen LogP contribution >= 0.6 is 11.8 Å². The highest BCUT2D eigenvalue weighted by atomic mass is 32.2. The number of thioether (sulfide) groups is 1. The van der Waals surface area contributed by atoms with Crippen LogP contribution in [0.4, 0.5) is 0 Å². The quantitative estimate of drug-likeness (QED) is 0.842. The highest BCUT2D eigenvalue weighted by Gasteiger charge is 2.33. The first-order valence-electron chi connectivity index (χ1n) is 9.55. The zero-order chi connectivity index (χ0) is 18.6. The second kappa shape index (κ2) is 8.21. The van der Waals surface area contributed by atoms with E-state index in [1.165, 1.54) is 19.3 Å². The molecule has 1 saturated carbocycles. The van der Waals surface area contributed by atoms with E-state index in [4.69, 9.17) is 4.42 Å². The highest BCUT2D eigenvalue weighted by Crippen LogP contribution is 2.39. The third-order valence-corrected chi connectivity index (χ3v) is 6.53. The van der Waals surface area contributed by atoms with Crippen LogP contribution in [0, 0.1) is 0 Å². The van der Waals surface area contributed by atoms with Crippen LogP contribution in [-0.2, 0) is 11.3 Å². The van der Waals surface area contributed by atoms with E-state index in [2.05, 4.69) is 5.32 Å². The van der Waals surface area contributed by atoms with Crippen LogP contribution in [0.25, 0.3) is 0 Å². The Morgan fingerprint density at radius 1 is 1.15 bits per heavy atom. The van der Waals surface area contributed by atoms with E-state index in [0.717, 1.165) is 24.2 Å². The topological polar surface area (TPSA) is 62.6 Å². The Morgan fingerprint density at radius 2 is 1.93 bits per heavy atom. The van der Waals surface area contributed by atoms with Crippen molar-refractivity contribution in [2.24, 2.45) is 0 Å². The molecule has 2 heterocycles. The maximum absolute atomic E-state index is 12.5. The van der Waals surface area contributed by atoms with Crippen LogP contribution in [-0.4, -0.2) is 28.5 Å². The van der Waals surface area contributed by atoms with Gasteiger partial charge in [-0.15, -0.1) is 11.8 Å². The minimum atomic E-state index is -0.0435. The standard InChI is InChI=1S/C21H24N2O3S/c24-19-14-27-21(23(19)13-18-7-4-12-26-18)16-10-8-15(9-11-16)20(25)22-17-5-2-1-3-6-17/h4,7-12,17,21H,1-3,5-6,13-14H2,(H,22,25)/t21-/m0/s1. The molecule has 0 radical (unpaired) electrons. The van der Waals surface area contributed by atoms with Gasteiger partial charge in [-0.05, 0) is 42.7 Å². The van der Waals surface area contributed by atoms with E-state index in [-0.39, 0.29) is 17.2 Å². The summed E-state index contributed by atoms with van der Waals surface area (Å²) in [7, 11) is 0. The van der Waals surface area contributed by atoms with Gasteiger partial charge < -0.3 is 14.6 Å². The van der Waals surface area contributed by atoms with Crippen LogP contribution in [0.15, 0.2) is 47.1 Å². The molecule has 2 aromatic rings. The van der Waals surface area contributed by atoms with Gasteiger partial charge in [0.05, 0.1) is 18.6 Å². The maximum atomic E-state index is 12.5. The number of amides is 2. The molecule has 1 aliphatic heterocycles. The van der Waals surface area contributed by atoms with Crippen molar-refractivity contribution >= 4 is 23.6 Å². The molecule has 1 aromatic heterocycles. The number of carbonyl (C=O) groups excluding carboxylic acids is 2. The number of hydrogen-bond donors (Lipinski definition) is 1. The molecule has 0 spiro atoms. The third kappa shape index (κ3) is 4.21. The molecular formula is C21H24N2O3S. The van der Waals surface area contributed by atoms with Crippen molar-refractivity contribution in [2.45, 2.75) is 50.1 Å². The van der Waals surface area contributed by atoms with Crippen LogP contribution in [0.3, 0.4) is 0 Å². The molecule has 1 aromatic carbocycles. The lowest BCUT2D eigenvalue weighted by Gasteiger charge is -2.24. The lowest BCUT2D eigenvalue weighted by atomic mass is 9.95. The second-order valence-electron chi connectivity index (χ2n) is 7.19. The van der Waals surface area contributed by atoms with E-state index < -0.39 is 0 Å². The summed E-state index contributed by atoms with van der Waals surface area (Å²) in [5.41, 5.74) is 1.71. The van der Waals surface area contributed by atoms with Crippen LogP contribution in [0.2, 0.25) is 0 Å². The Kier molecular flexibility index (Phi) is 5.53. The van der Waals surface area contributed by atoms with E-state index in [1.54, 1.807) is 18.0 Å². The van der Waals surface area contributed by atoms with Crippen molar-refractivity contribution in [3.05, 3.63) is 59.5 Å². The number of rotatable bonds is 5. The minimum Gasteiger partial charge on any atom is -0.467 e. The predicted molar refractivity (Wildman–Crippen MR) is 105 cm³/mol. The maximum Gasteiger partial charge on any atom is 0.251 e. The van der Waals surface area contributed by atoms with Gasteiger partial charge in [0.25, 0.3) is 5.91 Å². The number of hydrogen-bond acceptors (Lipinski definition) is 4. The fourth-order valence-corrected chi connectivity index (χ4v) is 4.97. The Morgan fingerprint density at radius 3 is 2.63 bits per heavy atom. The van der Waals surface area contributed by atoms with Crippen LogP contribution in [0.1, 0.15) is 59.2 Å². The molecule has 142 valence electrons. The Balaban J connectivity index is 1.43. The molecule has 4 rings (SSSR count). The molecule has 0 unspecified atom stereocenters. The van der Waals surface area contributed by atoms with Gasteiger partial charge in [0.2, 0.25) is 5.91 Å². The van der Waals surface area contributed by atoms with Gasteiger partial charge >= 0.3 is 0 Å². The number of furan rings is 1. The van der Waals surface area contributed by atoms with Gasteiger partial charge in [-0.2, -0.15) is 0 Å². The normalized spacial score (nSPS) is 20.8. The van der Waals surface area contributed by atoms with E-state index in [1.807, 2.05) is 41.3 Å². The minimum absolute atomic E-state index is 0.00366. The highest BCUT2D eigenvalue weighted by molar-refractivity contribution is 8.00. The number of benzene rings is 1. The predicted octanol–water partition coefficient (Wildman–Crippen LogP) is 4.12. The number of nitrogens with zero attached hydrogens (tertiary/aromatic N) is 1. The van der Waals surface area contributed by atoms with E-state index >= 15 is 0 Å². The zero-order valence-corrected chi connectivity index (χ0v) is 16.0. The Bertz CT molecular complexity index is 782. The van der Waals surface area contributed by atoms with Crippen molar-refractivity contribution < 1.29 is 14.0 Å². The molecule has 1 aliphatic carbocycles. The lowest BCUT2D eigenvalue weighted by molar-refractivity contribution is -0.128. The molecule has 1 saturated heterocycles. The number of carbonyl (C=O) groups is 2. The summed E-state index contributed by atoms with van der Waals surface area (Å²) >= 11 is 1.61. The average molecular weight is 385 g/mol. The van der Waals surface area contributed by atoms with Gasteiger partial charge in [0.1, 0.15) is 11.1 Å². The summed E-state index contributed by atoms with van der Waals surface area (Å²) < 4.78 is 5.39. The summed E-state index contributed by atoms with van der Waals surface area (Å²) in [6, 6.07) is 11.7. The Labute approximate surface area is 163 Å². The molecule has 1 atom stereocenters. The van der Waals surface area contributed by atoms with Crippen molar-refractivity contribution in [2.75, 3.05) is 5.75 Å². The summed E-state index contributed by atoms with van der Waals surface area (Å²) in [6.07, 6.45) is 7.44. The molecule has 0 bridgehead atoms. The van der Waals surface area contributed by atoms with Gasteiger partial charge in [0, 0.05) is 11.6 Å². The van der Waals surface area contributed by atoms with E-state index in [0.29, 0.717) is 23.9 Å². The van der Waals surface area contributed by atoms with Crippen LogP contribution < -0.4 is 5.32 Å². The SMILES string of the molecule is O=C(NC1CCCCC1)c1ccc([C@@H]2SCC(=O)N2Cc2ccco2)cc1. The fourth-order valence-electron chi connectivity index (χ4n) is 3.79. The third-order valence-electron chi connectivity index (χ3n) is 5.27. The van der Waals surface area contributed by atoms with Gasteiger partial charge in [0.15, 0.2) is 0 Å². The first kappa shape index (κ1) is 18.2. The molecule has 2 amide bonds. The molecule has 1 N–H and O–H groups in total. The number of nitrogens with one attached hydrogen (secondary N) is 1. The summed E-state index contributed by atoms with van der Waals surface area (Å²) in [6.45, 7) is 0.466. The molecule has 5 nitrogen and oxygen atoms in total. The fraction of sp³-hybridized carbons (Fsp3) is 0.429. The lowest BCUT2D eigenvalue weighted by Crippen LogP contribution is -2.36. The van der Waals surface area contributed by atoms with Crippen molar-refractivity contribution in [1.29, 1.82) is 0 Å². The summed E-state index contributed by atoms with van der Waals surface area (Å²) in [5.74, 6) is 1.35.